The van der Waals surface area contributed by atoms with Crippen LogP contribution in [0.5, 0.6) is 0 Å². The average Bonchev–Trinajstić information content (AvgIpc) is 1.99. The molecule has 0 bridgehead atoms. The summed E-state index contributed by atoms with van der Waals surface area (Å²) in [4.78, 5) is 0. The zero-order valence-corrected chi connectivity index (χ0v) is 10.2. The van der Waals surface area contributed by atoms with Gasteiger partial charge in [0.15, 0.2) is 0 Å². The molecular weight excluding hydrogens is 344 g/mol. The second-order valence-electron chi connectivity index (χ2n) is 2.88. The number of halogens is 4. The third-order valence-corrected chi connectivity index (χ3v) is 3.21. The molecule has 0 amide bonds. The summed E-state index contributed by atoms with van der Waals surface area (Å²) in [7, 11) is -3.34. The molecule has 0 aromatic heterocycles. The van der Waals surface area contributed by atoms with Gasteiger partial charge in [-0.2, -0.15) is 13.2 Å². The topological polar surface area (TPSA) is 34.1 Å². The van der Waals surface area contributed by atoms with E-state index in [4.69, 9.17) is 0 Å². The molecule has 0 atom stereocenters. The number of hydrogen-bond acceptors (Lipinski definition) is 2. The van der Waals surface area contributed by atoms with E-state index >= 15 is 0 Å². The lowest BCUT2D eigenvalue weighted by molar-refractivity contribution is -0.137. The van der Waals surface area contributed by atoms with E-state index in [9.17, 15) is 21.6 Å². The molecule has 0 unspecified atom stereocenters. The molecule has 1 rings (SSSR count). The lowest BCUT2D eigenvalue weighted by atomic mass is 10.1. The van der Waals surface area contributed by atoms with Gasteiger partial charge in [0.2, 0.25) is 7.01 Å². The zero-order chi connectivity index (χ0) is 11.7. The fourth-order valence-corrected chi connectivity index (χ4v) is 2.69. The van der Waals surface area contributed by atoms with Gasteiger partial charge in [0.25, 0.3) is 0 Å². The molecule has 7 heteroatoms. The molecule has 0 saturated carbocycles. The van der Waals surface area contributed by atoms with Crippen molar-refractivity contribution in [2.75, 3.05) is 0 Å². The van der Waals surface area contributed by atoms with E-state index < -0.39 is 24.5 Å². The Labute approximate surface area is 97.0 Å². The van der Waals surface area contributed by atoms with E-state index in [1.807, 2.05) is 0 Å². The molecule has 1 aromatic rings. The van der Waals surface area contributed by atoms with Gasteiger partial charge in [-0.25, -0.2) is 8.42 Å². The highest BCUT2D eigenvalue weighted by molar-refractivity contribution is 14.2. The van der Waals surface area contributed by atoms with Crippen molar-refractivity contribution in [1.29, 1.82) is 0 Å². The van der Waals surface area contributed by atoms with Crippen LogP contribution in [0, 0.1) is 0 Å². The number of rotatable bonds is 2. The molecule has 2 nitrogen and oxygen atoms in total. The van der Waals surface area contributed by atoms with E-state index in [2.05, 4.69) is 0 Å². The minimum atomic E-state index is -4.44. The Kier molecular flexibility index (Phi) is 3.64. The van der Waals surface area contributed by atoms with Crippen molar-refractivity contribution < 1.29 is 21.6 Å². The van der Waals surface area contributed by atoms with Crippen LogP contribution < -0.4 is 0 Å². The molecule has 84 valence electrons. The molecular formula is C8H6F3IO2S. The normalized spacial score (nSPS) is 12.8. The van der Waals surface area contributed by atoms with E-state index in [1.165, 1.54) is 33.3 Å². The highest BCUT2D eigenvalue weighted by Crippen LogP contribution is 2.30. The predicted octanol–water partition coefficient (Wildman–Crippen LogP) is 2.97. The summed E-state index contributed by atoms with van der Waals surface area (Å²) in [5.74, 6) is -0.391. The Hall–Kier alpha value is -0.310. The summed E-state index contributed by atoms with van der Waals surface area (Å²) >= 11 is 1.20. The van der Waals surface area contributed by atoms with Crippen LogP contribution in [0.1, 0.15) is 11.1 Å². The first-order chi connectivity index (χ1) is 6.68. The lowest BCUT2D eigenvalue weighted by Crippen LogP contribution is -2.06. The Morgan fingerprint density at radius 2 is 1.87 bits per heavy atom. The minimum Gasteiger partial charge on any atom is -0.218 e. The molecule has 0 saturated heterocycles. The SMILES string of the molecule is O=S(=O)(I)Cc1cccc(C(F)(F)F)c1. The summed E-state index contributed by atoms with van der Waals surface area (Å²) in [6, 6.07) is 4.30. The van der Waals surface area contributed by atoms with Crippen molar-refractivity contribution >= 4 is 28.2 Å². The third kappa shape index (κ3) is 4.37. The Morgan fingerprint density at radius 3 is 2.33 bits per heavy atom. The monoisotopic (exact) mass is 350 g/mol. The van der Waals surface area contributed by atoms with Gasteiger partial charge in [-0.3, -0.25) is 0 Å². The van der Waals surface area contributed by atoms with Crippen molar-refractivity contribution in [3.63, 3.8) is 0 Å². The second kappa shape index (κ2) is 4.28. The fourth-order valence-electron chi connectivity index (χ4n) is 1.04. The van der Waals surface area contributed by atoms with E-state index in [0.717, 1.165) is 12.1 Å². The molecule has 0 radical (unpaired) electrons. The van der Waals surface area contributed by atoms with Crippen molar-refractivity contribution in [1.82, 2.24) is 0 Å². The first kappa shape index (κ1) is 12.8. The summed E-state index contributed by atoms with van der Waals surface area (Å²) in [6.45, 7) is 0. The maximum Gasteiger partial charge on any atom is 0.416 e. The van der Waals surface area contributed by atoms with Crippen molar-refractivity contribution in [3.8, 4) is 0 Å². The Morgan fingerprint density at radius 1 is 1.27 bits per heavy atom. The molecule has 0 heterocycles. The first-order valence-corrected chi connectivity index (χ1v) is 7.96. The second-order valence-corrected chi connectivity index (χ2v) is 8.27. The van der Waals surface area contributed by atoms with Gasteiger partial charge < -0.3 is 0 Å². The maximum absolute atomic E-state index is 12.2. The third-order valence-electron chi connectivity index (χ3n) is 1.59. The molecule has 0 aliphatic rings. The molecule has 0 aliphatic carbocycles. The summed E-state index contributed by atoms with van der Waals surface area (Å²) in [5, 5.41) is 0. The Balaban J connectivity index is 3.04. The van der Waals surface area contributed by atoms with Gasteiger partial charge in [-0.1, -0.05) is 18.2 Å². The van der Waals surface area contributed by atoms with Gasteiger partial charge in [0.05, 0.1) is 32.5 Å². The number of alkyl halides is 3. The molecule has 0 N–H and O–H groups in total. The first-order valence-electron chi connectivity index (χ1n) is 3.77. The zero-order valence-electron chi connectivity index (χ0n) is 7.25. The quantitative estimate of drug-likeness (QED) is 0.607. The number of benzene rings is 1. The highest BCUT2D eigenvalue weighted by atomic mass is 127. The summed E-state index contributed by atoms with van der Waals surface area (Å²) < 4.78 is 58.5. The standard InChI is InChI=1S/C8H6F3IO2S/c9-8(10,11)7-3-1-2-6(4-7)5-15(12,13)14/h1-4H,5H2. The Bertz CT molecular complexity index is 453. The van der Waals surface area contributed by atoms with E-state index in [-0.39, 0.29) is 5.56 Å². The van der Waals surface area contributed by atoms with Crippen LogP contribution in [0.3, 0.4) is 0 Å². The molecule has 1 aromatic carbocycles. The van der Waals surface area contributed by atoms with Crippen LogP contribution in [-0.4, -0.2) is 8.42 Å². The summed E-state index contributed by atoms with van der Waals surface area (Å²) in [5.41, 5.74) is -0.695. The van der Waals surface area contributed by atoms with Gasteiger partial charge in [0.1, 0.15) is 0 Å². The van der Waals surface area contributed by atoms with Crippen molar-refractivity contribution in [3.05, 3.63) is 35.4 Å². The maximum atomic E-state index is 12.2. The molecule has 0 fully saturated rings. The van der Waals surface area contributed by atoms with Gasteiger partial charge in [-0.15, -0.1) is 0 Å². The molecule has 15 heavy (non-hydrogen) atoms. The number of hydrogen-bond donors (Lipinski definition) is 0. The van der Waals surface area contributed by atoms with Gasteiger partial charge in [-0.05, 0) is 11.6 Å². The van der Waals surface area contributed by atoms with Crippen molar-refractivity contribution in [2.24, 2.45) is 0 Å². The fraction of sp³-hybridized carbons (Fsp3) is 0.250. The molecule has 0 spiro atoms. The van der Waals surface area contributed by atoms with Crippen molar-refractivity contribution in [2.45, 2.75) is 11.9 Å². The van der Waals surface area contributed by atoms with Gasteiger partial charge in [0, 0.05) is 0 Å². The predicted molar refractivity (Wildman–Crippen MR) is 58.1 cm³/mol. The van der Waals surface area contributed by atoms with E-state index in [1.54, 1.807) is 0 Å². The minimum absolute atomic E-state index is 0.138. The average molecular weight is 350 g/mol. The largest absolute Gasteiger partial charge is 0.416 e. The van der Waals surface area contributed by atoms with Crippen LogP contribution in [0.4, 0.5) is 13.2 Å². The van der Waals surface area contributed by atoms with Crippen LogP contribution in [0.25, 0.3) is 0 Å². The van der Waals surface area contributed by atoms with Crippen LogP contribution in [-0.2, 0) is 18.9 Å². The highest BCUT2D eigenvalue weighted by Gasteiger charge is 2.30. The molecule has 0 aliphatic heterocycles. The van der Waals surface area contributed by atoms with E-state index in [0.29, 0.717) is 0 Å². The lowest BCUT2D eigenvalue weighted by Gasteiger charge is -2.07. The van der Waals surface area contributed by atoms with Crippen LogP contribution in [0.15, 0.2) is 24.3 Å². The van der Waals surface area contributed by atoms with Crippen LogP contribution in [0.2, 0.25) is 0 Å². The van der Waals surface area contributed by atoms with Crippen LogP contribution >= 0.6 is 21.2 Å². The summed E-state index contributed by atoms with van der Waals surface area (Å²) in [6.07, 6.45) is -4.44. The smallest absolute Gasteiger partial charge is 0.218 e. The van der Waals surface area contributed by atoms with Gasteiger partial charge >= 0.3 is 6.18 Å².